The number of allylic oxidation sites excluding steroid dienone is 4. The second-order valence-corrected chi connectivity index (χ2v) is 10.9. The number of rotatable bonds is 4. The van der Waals surface area contributed by atoms with E-state index >= 15 is 0 Å². The summed E-state index contributed by atoms with van der Waals surface area (Å²) in [7, 11) is 0. The summed E-state index contributed by atoms with van der Waals surface area (Å²) in [4.78, 5) is 15.1. The van der Waals surface area contributed by atoms with Gasteiger partial charge in [0, 0.05) is 33.4 Å². The third-order valence-corrected chi connectivity index (χ3v) is 8.23. The van der Waals surface area contributed by atoms with E-state index in [1.54, 1.807) is 0 Å². The van der Waals surface area contributed by atoms with E-state index in [1.165, 1.54) is 5.56 Å². The largest absolute Gasteiger partial charge is 0.456 e. The van der Waals surface area contributed by atoms with E-state index in [0.717, 1.165) is 49.4 Å². The number of nitrogens with zero attached hydrogens (tertiary/aromatic N) is 3. The van der Waals surface area contributed by atoms with Crippen LogP contribution >= 0.6 is 0 Å². The molecule has 0 N–H and O–H groups in total. The molecule has 0 amide bonds. The molecule has 200 valence electrons. The second kappa shape index (κ2) is 9.93. The summed E-state index contributed by atoms with van der Waals surface area (Å²) in [5, 5.41) is 4.34. The van der Waals surface area contributed by atoms with E-state index in [1.807, 2.05) is 48.5 Å². The van der Waals surface area contributed by atoms with Gasteiger partial charge in [-0.2, -0.15) is 0 Å². The van der Waals surface area contributed by atoms with Gasteiger partial charge < -0.3 is 4.42 Å². The molecule has 5 aromatic carbocycles. The van der Waals surface area contributed by atoms with Crippen LogP contribution in [0.2, 0.25) is 0 Å². The lowest BCUT2D eigenvalue weighted by atomic mass is 9.84. The van der Waals surface area contributed by atoms with E-state index in [9.17, 15) is 0 Å². The summed E-state index contributed by atoms with van der Waals surface area (Å²) >= 11 is 0. The van der Waals surface area contributed by atoms with Crippen LogP contribution in [0.5, 0.6) is 0 Å². The summed E-state index contributed by atoms with van der Waals surface area (Å²) in [5.41, 5.74) is 5.91. The topological polar surface area (TPSA) is 51.8 Å². The first-order valence-corrected chi connectivity index (χ1v) is 14.3. The maximum atomic E-state index is 6.18. The van der Waals surface area contributed by atoms with Crippen LogP contribution < -0.4 is 0 Å². The Bertz CT molecular complexity index is 2170. The van der Waals surface area contributed by atoms with E-state index < -0.39 is 0 Å². The molecule has 8 rings (SSSR count). The fourth-order valence-corrected chi connectivity index (χ4v) is 6.05. The maximum Gasteiger partial charge on any atom is 0.164 e. The molecule has 2 unspecified atom stereocenters. The molecule has 1 aliphatic carbocycles. The SMILES string of the molecule is CC1C=CC=CC1c1cccc(-c2nc(-c3ccccc3)nc(-c3cccc4cc5oc6ccccc6c5cc34)n2)c1. The van der Waals surface area contributed by atoms with Crippen molar-refractivity contribution in [2.45, 2.75) is 12.8 Å². The van der Waals surface area contributed by atoms with Gasteiger partial charge in [0.05, 0.1) is 0 Å². The van der Waals surface area contributed by atoms with Crippen molar-refractivity contribution in [3.8, 4) is 34.2 Å². The summed E-state index contributed by atoms with van der Waals surface area (Å²) in [6.07, 6.45) is 8.79. The average molecular weight is 542 g/mol. The van der Waals surface area contributed by atoms with Gasteiger partial charge in [0.15, 0.2) is 17.5 Å². The highest BCUT2D eigenvalue weighted by Gasteiger charge is 2.19. The Kier molecular flexibility index (Phi) is 5.78. The smallest absolute Gasteiger partial charge is 0.164 e. The van der Waals surface area contributed by atoms with Crippen LogP contribution in [0.25, 0.3) is 66.9 Å². The molecule has 42 heavy (non-hydrogen) atoms. The Morgan fingerprint density at radius 1 is 0.548 bits per heavy atom. The van der Waals surface area contributed by atoms with Crippen LogP contribution in [0.1, 0.15) is 18.4 Å². The van der Waals surface area contributed by atoms with Crippen LogP contribution in [0.3, 0.4) is 0 Å². The number of hydrogen-bond acceptors (Lipinski definition) is 4. The lowest BCUT2D eigenvalue weighted by Gasteiger charge is -2.21. The summed E-state index contributed by atoms with van der Waals surface area (Å²) in [5.74, 6) is 2.70. The molecule has 0 saturated carbocycles. The lowest BCUT2D eigenvalue weighted by Crippen LogP contribution is -2.07. The van der Waals surface area contributed by atoms with Crippen molar-refractivity contribution in [3.63, 3.8) is 0 Å². The lowest BCUT2D eigenvalue weighted by molar-refractivity contribution is 0.635. The molecule has 0 saturated heterocycles. The molecule has 4 heteroatoms. The predicted octanol–water partition coefficient (Wildman–Crippen LogP) is 9.77. The van der Waals surface area contributed by atoms with Crippen molar-refractivity contribution in [3.05, 3.63) is 139 Å². The molecule has 2 aromatic heterocycles. The fourth-order valence-electron chi connectivity index (χ4n) is 6.05. The van der Waals surface area contributed by atoms with Crippen molar-refractivity contribution in [2.24, 2.45) is 5.92 Å². The summed E-state index contributed by atoms with van der Waals surface area (Å²) < 4.78 is 6.18. The molecular weight excluding hydrogens is 514 g/mol. The van der Waals surface area contributed by atoms with Crippen LogP contribution in [0.4, 0.5) is 0 Å². The molecule has 0 bridgehead atoms. The summed E-state index contributed by atoms with van der Waals surface area (Å²) in [6.45, 7) is 2.26. The monoisotopic (exact) mass is 541 g/mol. The first-order valence-electron chi connectivity index (χ1n) is 14.3. The van der Waals surface area contributed by atoms with Gasteiger partial charge in [-0.1, -0.05) is 116 Å². The van der Waals surface area contributed by atoms with Gasteiger partial charge in [-0.3, -0.25) is 0 Å². The van der Waals surface area contributed by atoms with E-state index in [4.69, 9.17) is 19.4 Å². The molecule has 4 nitrogen and oxygen atoms in total. The highest BCUT2D eigenvalue weighted by Crippen LogP contribution is 2.37. The minimum Gasteiger partial charge on any atom is -0.456 e. The molecule has 0 spiro atoms. The number of fused-ring (bicyclic) bond motifs is 4. The second-order valence-electron chi connectivity index (χ2n) is 10.9. The minimum absolute atomic E-state index is 0.315. The third kappa shape index (κ3) is 4.20. The number of hydrogen-bond donors (Lipinski definition) is 0. The maximum absolute atomic E-state index is 6.18. The molecule has 0 aliphatic heterocycles. The first kappa shape index (κ1) is 24.4. The Labute approximate surface area is 243 Å². The Balaban J connectivity index is 1.34. The van der Waals surface area contributed by atoms with Crippen LogP contribution in [0, 0.1) is 5.92 Å². The van der Waals surface area contributed by atoms with Crippen molar-refractivity contribution >= 4 is 32.7 Å². The zero-order chi connectivity index (χ0) is 28.0. The van der Waals surface area contributed by atoms with Crippen molar-refractivity contribution in [1.29, 1.82) is 0 Å². The number of furan rings is 1. The molecular formula is C38H27N3O. The van der Waals surface area contributed by atoms with Crippen molar-refractivity contribution in [2.75, 3.05) is 0 Å². The van der Waals surface area contributed by atoms with Crippen LogP contribution in [-0.4, -0.2) is 15.0 Å². The zero-order valence-corrected chi connectivity index (χ0v) is 23.1. The molecule has 0 radical (unpaired) electrons. The van der Waals surface area contributed by atoms with Crippen LogP contribution in [0.15, 0.2) is 138 Å². The van der Waals surface area contributed by atoms with Gasteiger partial charge in [0.2, 0.25) is 0 Å². The third-order valence-electron chi connectivity index (χ3n) is 8.23. The minimum atomic E-state index is 0.315. The Morgan fingerprint density at radius 2 is 1.29 bits per heavy atom. The standard InChI is InChI=1S/C38H27N3O/c1-24-11-5-6-17-29(24)26-14-9-16-28(21-26)37-39-36(25-12-3-2-4-13-25)40-38(41-37)31-19-10-15-27-22-35-33(23-32(27)31)30-18-7-8-20-34(30)42-35/h2-24,29H,1H3. The van der Waals surface area contributed by atoms with E-state index in [-0.39, 0.29) is 0 Å². The summed E-state index contributed by atoms with van der Waals surface area (Å²) in [6, 6.07) is 37.5. The highest BCUT2D eigenvalue weighted by atomic mass is 16.3. The molecule has 1 aliphatic rings. The van der Waals surface area contributed by atoms with Gasteiger partial charge in [-0.15, -0.1) is 0 Å². The zero-order valence-electron chi connectivity index (χ0n) is 23.1. The van der Waals surface area contributed by atoms with E-state index in [2.05, 4.69) is 91.9 Å². The molecule has 2 atom stereocenters. The fraction of sp³-hybridized carbons (Fsp3) is 0.0789. The van der Waals surface area contributed by atoms with Gasteiger partial charge in [-0.05, 0) is 46.5 Å². The Hall–Kier alpha value is -5.35. The van der Waals surface area contributed by atoms with Gasteiger partial charge >= 0.3 is 0 Å². The molecule has 7 aromatic rings. The molecule has 2 heterocycles. The van der Waals surface area contributed by atoms with Gasteiger partial charge in [0.25, 0.3) is 0 Å². The van der Waals surface area contributed by atoms with Crippen LogP contribution in [-0.2, 0) is 0 Å². The first-order chi connectivity index (χ1) is 20.7. The quantitative estimate of drug-likeness (QED) is 0.223. The van der Waals surface area contributed by atoms with Gasteiger partial charge in [0.1, 0.15) is 11.2 Å². The Morgan fingerprint density at radius 3 is 2.17 bits per heavy atom. The average Bonchev–Trinajstić information content (AvgIpc) is 3.41. The highest BCUT2D eigenvalue weighted by molar-refractivity contribution is 6.12. The molecule has 0 fully saturated rings. The predicted molar refractivity (Wildman–Crippen MR) is 171 cm³/mol. The number of benzene rings is 5. The van der Waals surface area contributed by atoms with Crippen molar-refractivity contribution in [1.82, 2.24) is 15.0 Å². The number of aromatic nitrogens is 3. The normalized spacial score (nSPS) is 16.5. The number of para-hydroxylation sites is 1. The van der Waals surface area contributed by atoms with E-state index in [0.29, 0.717) is 29.3 Å². The van der Waals surface area contributed by atoms with Crippen molar-refractivity contribution < 1.29 is 4.42 Å². The van der Waals surface area contributed by atoms with Gasteiger partial charge in [-0.25, -0.2) is 15.0 Å².